The van der Waals surface area contributed by atoms with Gasteiger partial charge in [0.15, 0.2) is 0 Å². The third-order valence-corrected chi connectivity index (χ3v) is 2.47. The maximum atomic E-state index is 5.44. The second kappa shape index (κ2) is 3.34. The van der Waals surface area contributed by atoms with Gasteiger partial charge >= 0.3 is 0 Å². The minimum absolute atomic E-state index is 0.290. The van der Waals surface area contributed by atoms with E-state index in [9.17, 15) is 0 Å². The zero-order valence-corrected chi connectivity index (χ0v) is 9.02. The standard InChI is InChI=1S/C10H13N5/c1-6-9(7(2)15(3)14-6)8-4-12-10(11)13-5-8/h4-5H,1-3H3,(H2,11,12,13). The predicted molar refractivity (Wildman–Crippen MR) is 58.1 cm³/mol. The Morgan fingerprint density at radius 3 is 2.27 bits per heavy atom. The van der Waals surface area contributed by atoms with Crippen LogP contribution >= 0.6 is 0 Å². The van der Waals surface area contributed by atoms with Crippen molar-refractivity contribution in [3.05, 3.63) is 23.8 Å². The van der Waals surface area contributed by atoms with Crippen LogP contribution in [0.2, 0.25) is 0 Å². The maximum absolute atomic E-state index is 5.44. The van der Waals surface area contributed by atoms with Crippen LogP contribution < -0.4 is 5.73 Å². The summed E-state index contributed by atoms with van der Waals surface area (Å²) in [4.78, 5) is 7.95. The summed E-state index contributed by atoms with van der Waals surface area (Å²) in [6.45, 7) is 3.99. The fourth-order valence-corrected chi connectivity index (χ4v) is 1.66. The molecule has 0 aliphatic rings. The highest BCUT2D eigenvalue weighted by atomic mass is 15.3. The molecule has 5 heteroatoms. The molecule has 0 aliphatic heterocycles. The molecule has 5 nitrogen and oxygen atoms in total. The van der Waals surface area contributed by atoms with Gasteiger partial charge in [0, 0.05) is 36.3 Å². The molecule has 2 N–H and O–H groups in total. The van der Waals surface area contributed by atoms with E-state index in [0.717, 1.165) is 22.5 Å². The molecule has 0 aromatic carbocycles. The summed E-state index contributed by atoms with van der Waals surface area (Å²) in [7, 11) is 1.92. The van der Waals surface area contributed by atoms with Gasteiger partial charge in [0.1, 0.15) is 0 Å². The van der Waals surface area contributed by atoms with E-state index in [1.54, 1.807) is 12.4 Å². The van der Waals surface area contributed by atoms with Crippen molar-refractivity contribution < 1.29 is 0 Å². The summed E-state index contributed by atoms with van der Waals surface area (Å²) < 4.78 is 1.85. The van der Waals surface area contributed by atoms with E-state index < -0.39 is 0 Å². The molecule has 0 fully saturated rings. The van der Waals surface area contributed by atoms with Gasteiger partial charge in [-0.2, -0.15) is 5.10 Å². The highest BCUT2D eigenvalue weighted by molar-refractivity contribution is 5.67. The number of aryl methyl sites for hydroxylation is 2. The lowest BCUT2D eigenvalue weighted by molar-refractivity contribution is 0.731. The molecule has 0 atom stereocenters. The van der Waals surface area contributed by atoms with Gasteiger partial charge in [-0.25, -0.2) is 9.97 Å². The summed E-state index contributed by atoms with van der Waals surface area (Å²) in [5, 5.41) is 4.34. The Morgan fingerprint density at radius 1 is 1.20 bits per heavy atom. The summed E-state index contributed by atoms with van der Waals surface area (Å²) in [6, 6.07) is 0. The van der Waals surface area contributed by atoms with Crippen LogP contribution in [0.25, 0.3) is 11.1 Å². The monoisotopic (exact) mass is 203 g/mol. The molecule has 2 rings (SSSR count). The first kappa shape index (κ1) is 9.64. The zero-order valence-electron chi connectivity index (χ0n) is 9.02. The Bertz CT molecular complexity index is 483. The molecule has 78 valence electrons. The molecule has 0 aliphatic carbocycles. The Labute approximate surface area is 88.0 Å². The van der Waals surface area contributed by atoms with E-state index in [0.29, 0.717) is 0 Å². The molecule has 2 aromatic heterocycles. The SMILES string of the molecule is Cc1nn(C)c(C)c1-c1cnc(N)nc1. The van der Waals surface area contributed by atoms with Crippen LogP contribution in [-0.2, 0) is 7.05 Å². The molecule has 0 saturated carbocycles. The van der Waals surface area contributed by atoms with Crippen LogP contribution in [0, 0.1) is 13.8 Å². The van der Waals surface area contributed by atoms with Crippen LogP contribution in [0.5, 0.6) is 0 Å². The molecule has 0 saturated heterocycles. The van der Waals surface area contributed by atoms with E-state index >= 15 is 0 Å². The molecule has 15 heavy (non-hydrogen) atoms. The molecule has 0 amide bonds. The zero-order chi connectivity index (χ0) is 11.0. The Balaban J connectivity index is 2.58. The van der Waals surface area contributed by atoms with Crippen LogP contribution in [0.3, 0.4) is 0 Å². The first-order valence-corrected chi connectivity index (χ1v) is 4.67. The largest absolute Gasteiger partial charge is 0.368 e. The molecule has 0 radical (unpaired) electrons. The van der Waals surface area contributed by atoms with Gasteiger partial charge in [-0.15, -0.1) is 0 Å². The van der Waals surface area contributed by atoms with Crippen molar-refractivity contribution >= 4 is 5.95 Å². The molecule has 0 unspecified atom stereocenters. The Kier molecular flexibility index (Phi) is 2.15. The molecular weight excluding hydrogens is 190 g/mol. The minimum atomic E-state index is 0.290. The number of nitrogens with two attached hydrogens (primary N) is 1. The minimum Gasteiger partial charge on any atom is -0.368 e. The molecule has 0 bridgehead atoms. The lowest BCUT2D eigenvalue weighted by Crippen LogP contribution is -1.95. The van der Waals surface area contributed by atoms with Crippen molar-refractivity contribution in [1.82, 2.24) is 19.7 Å². The summed E-state index contributed by atoms with van der Waals surface area (Å²) >= 11 is 0. The highest BCUT2D eigenvalue weighted by Crippen LogP contribution is 2.25. The molecule has 2 heterocycles. The first-order chi connectivity index (χ1) is 7.09. The maximum Gasteiger partial charge on any atom is 0.219 e. The third kappa shape index (κ3) is 1.56. The van der Waals surface area contributed by atoms with Crippen LogP contribution in [0.15, 0.2) is 12.4 Å². The number of aromatic nitrogens is 4. The van der Waals surface area contributed by atoms with E-state index in [1.165, 1.54) is 0 Å². The fourth-order valence-electron chi connectivity index (χ4n) is 1.66. The number of hydrogen-bond acceptors (Lipinski definition) is 4. The summed E-state index contributed by atoms with van der Waals surface area (Å²) in [5.41, 5.74) is 9.55. The van der Waals surface area contributed by atoms with Crippen molar-refractivity contribution in [2.45, 2.75) is 13.8 Å². The fraction of sp³-hybridized carbons (Fsp3) is 0.300. The lowest BCUT2D eigenvalue weighted by atomic mass is 10.1. The van der Waals surface area contributed by atoms with E-state index in [4.69, 9.17) is 5.73 Å². The van der Waals surface area contributed by atoms with Crippen molar-refractivity contribution in [3.63, 3.8) is 0 Å². The number of rotatable bonds is 1. The average molecular weight is 203 g/mol. The van der Waals surface area contributed by atoms with Gasteiger partial charge in [-0.1, -0.05) is 0 Å². The number of nitrogens with zero attached hydrogens (tertiary/aromatic N) is 4. The van der Waals surface area contributed by atoms with Crippen molar-refractivity contribution in [3.8, 4) is 11.1 Å². The van der Waals surface area contributed by atoms with E-state index in [-0.39, 0.29) is 5.95 Å². The lowest BCUT2D eigenvalue weighted by Gasteiger charge is -2.01. The van der Waals surface area contributed by atoms with Gasteiger partial charge < -0.3 is 5.73 Å². The van der Waals surface area contributed by atoms with Crippen LogP contribution in [-0.4, -0.2) is 19.7 Å². The molecular formula is C10H13N5. The second-order valence-corrected chi connectivity index (χ2v) is 3.50. The summed E-state index contributed by atoms with van der Waals surface area (Å²) in [6.07, 6.45) is 3.44. The highest BCUT2D eigenvalue weighted by Gasteiger charge is 2.11. The number of hydrogen-bond donors (Lipinski definition) is 1. The second-order valence-electron chi connectivity index (χ2n) is 3.50. The number of nitrogen functional groups attached to an aromatic ring is 1. The van der Waals surface area contributed by atoms with Crippen LogP contribution in [0.4, 0.5) is 5.95 Å². The van der Waals surface area contributed by atoms with Crippen molar-refractivity contribution in [2.24, 2.45) is 7.05 Å². The quantitative estimate of drug-likeness (QED) is 0.752. The first-order valence-electron chi connectivity index (χ1n) is 4.67. The Morgan fingerprint density at radius 2 is 1.80 bits per heavy atom. The van der Waals surface area contributed by atoms with Gasteiger partial charge in [-0.05, 0) is 13.8 Å². The van der Waals surface area contributed by atoms with Gasteiger partial charge in [-0.3, -0.25) is 4.68 Å². The average Bonchev–Trinajstić information content (AvgIpc) is 2.44. The topological polar surface area (TPSA) is 69.6 Å². The summed E-state index contributed by atoms with van der Waals surface area (Å²) in [5.74, 6) is 0.290. The van der Waals surface area contributed by atoms with E-state index in [2.05, 4.69) is 15.1 Å². The van der Waals surface area contributed by atoms with Crippen molar-refractivity contribution in [2.75, 3.05) is 5.73 Å². The van der Waals surface area contributed by atoms with Crippen molar-refractivity contribution in [1.29, 1.82) is 0 Å². The molecule has 2 aromatic rings. The Hall–Kier alpha value is -1.91. The van der Waals surface area contributed by atoms with E-state index in [1.807, 2.05) is 25.6 Å². The van der Waals surface area contributed by atoms with Gasteiger partial charge in [0.05, 0.1) is 5.69 Å². The van der Waals surface area contributed by atoms with Gasteiger partial charge in [0.2, 0.25) is 5.95 Å². The predicted octanol–water partition coefficient (Wildman–Crippen LogP) is 1.08. The number of anilines is 1. The molecule has 0 spiro atoms. The third-order valence-electron chi connectivity index (χ3n) is 2.47. The van der Waals surface area contributed by atoms with Gasteiger partial charge in [0.25, 0.3) is 0 Å². The smallest absolute Gasteiger partial charge is 0.219 e. The normalized spacial score (nSPS) is 10.6. The van der Waals surface area contributed by atoms with Crippen LogP contribution in [0.1, 0.15) is 11.4 Å².